The van der Waals surface area contributed by atoms with Crippen LogP contribution in [0.5, 0.6) is 0 Å². The first kappa shape index (κ1) is 25.7. The molecule has 6 amide bonds. The van der Waals surface area contributed by atoms with E-state index in [-0.39, 0.29) is 50.4 Å². The van der Waals surface area contributed by atoms with Crippen LogP contribution in [-0.2, 0) is 6.54 Å². The van der Waals surface area contributed by atoms with Crippen LogP contribution in [0.1, 0.15) is 5.69 Å². The number of benzene rings is 1. The Bertz CT molecular complexity index is 1350. The second-order valence-corrected chi connectivity index (χ2v) is 8.83. The Morgan fingerprint density at radius 1 is 0.730 bits per heavy atom. The van der Waals surface area contributed by atoms with E-state index in [4.69, 9.17) is 21.6 Å². The third-order valence-electron chi connectivity index (χ3n) is 6.47. The molecule has 0 unspecified atom stereocenters. The summed E-state index contributed by atoms with van der Waals surface area (Å²) in [5, 5.41) is 0.871. The molecule has 3 aromatic rings. The van der Waals surface area contributed by atoms with E-state index in [2.05, 4.69) is 4.98 Å². The molecule has 0 aliphatic carbocycles. The maximum atomic E-state index is 12.8. The number of hydrogen-bond donors (Lipinski definition) is 3. The van der Waals surface area contributed by atoms with Crippen molar-refractivity contribution < 1.29 is 18.8 Å². The van der Waals surface area contributed by atoms with Crippen LogP contribution >= 0.6 is 0 Å². The quantitative estimate of drug-likeness (QED) is 0.414. The average Bonchev–Trinajstić information content (AvgIpc) is 2.85. The number of amides is 6. The number of primary amides is 3. The van der Waals surface area contributed by atoms with E-state index in [1.165, 1.54) is 14.7 Å². The van der Waals surface area contributed by atoms with Gasteiger partial charge in [0, 0.05) is 58.9 Å². The minimum absolute atomic E-state index is 0.151. The number of carbonyl (C=O) groups excluding carboxylic acids is 3. The molecule has 37 heavy (non-hydrogen) atoms. The molecule has 1 aromatic carbocycles. The summed E-state index contributed by atoms with van der Waals surface area (Å²) in [5.74, 6) is 0. The number of rotatable bonds is 2. The van der Waals surface area contributed by atoms with Crippen LogP contribution in [0.25, 0.3) is 22.1 Å². The molecular formula is C24H30N8O5. The fourth-order valence-corrected chi connectivity index (χ4v) is 4.31. The number of nitrogens with two attached hydrogens (primary N) is 3. The van der Waals surface area contributed by atoms with Crippen molar-refractivity contribution in [3.8, 4) is 0 Å². The molecule has 0 radical (unpaired) electrons. The molecule has 1 aliphatic heterocycles. The zero-order valence-corrected chi connectivity index (χ0v) is 20.3. The van der Waals surface area contributed by atoms with Gasteiger partial charge in [-0.25, -0.2) is 19.4 Å². The SMILES string of the molecule is NC(=O)N1CCN(Cc2ccc3c(=O)c4ccccc4oc3n2)CCN(C(N)=O)CCN(C(N)=O)CC1. The van der Waals surface area contributed by atoms with E-state index >= 15 is 0 Å². The van der Waals surface area contributed by atoms with E-state index in [9.17, 15) is 19.2 Å². The number of fused-ring (bicyclic) bond motifs is 2. The molecule has 0 atom stereocenters. The minimum Gasteiger partial charge on any atom is -0.437 e. The maximum absolute atomic E-state index is 12.8. The van der Waals surface area contributed by atoms with Gasteiger partial charge in [-0.15, -0.1) is 0 Å². The number of urea groups is 3. The highest BCUT2D eigenvalue weighted by Gasteiger charge is 2.21. The molecule has 0 saturated carbocycles. The van der Waals surface area contributed by atoms with Crippen molar-refractivity contribution in [2.75, 3.05) is 52.4 Å². The predicted molar refractivity (Wildman–Crippen MR) is 137 cm³/mol. The van der Waals surface area contributed by atoms with Crippen molar-refractivity contribution in [3.05, 3.63) is 52.3 Å². The van der Waals surface area contributed by atoms with Crippen molar-refractivity contribution in [2.45, 2.75) is 6.54 Å². The van der Waals surface area contributed by atoms with Gasteiger partial charge in [0.2, 0.25) is 11.1 Å². The van der Waals surface area contributed by atoms with Crippen LogP contribution in [0.2, 0.25) is 0 Å². The second kappa shape index (κ2) is 11.1. The van der Waals surface area contributed by atoms with Gasteiger partial charge in [-0.2, -0.15) is 0 Å². The summed E-state index contributed by atoms with van der Waals surface area (Å²) in [6, 6.07) is 8.56. The van der Waals surface area contributed by atoms with Crippen molar-refractivity contribution in [2.24, 2.45) is 17.2 Å². The van der Waals surface area contributed by atoms with Crippen LogP contribution in [0.3, 0.4) is 0 Å². The zero-order chi connectivity index (χ0) is 26.5. The normalized spacial score (nSPS) is 16.4. The van der Waals surface area contributed by atoms with Gasteiger partial charge < -0.3 is 36.3 Å². The molecule has 1 fully saturated rings. The topological polar surface area (TPSA) is 185 Å². The van der Waals surface area contributed by atoms with Gasteiger partial charge in [0.15, 0.2) is 0 Å². The first-order valence-electron chi connectivity index (χ1n) is 11.9. The van der Waals surface area contributed by atoms with E-state index in [0.29, 0.717) is 41.7 Å². The van der Waals surface area contributed by atoms with Gasteiger partial charge in [0.1, 0.15) is 5.58 Å². The molecular weight excluding hydrogens is 480 g/mol. The number of nitrogens with zero attached hydrogens (tertiary/aromatic N) is 5. The molecule has 1 saturated heterocycles. The third-order valence-corrected chi connectivity index (χ3v) is 6.47. The second-order valence-electron chi connectivity index (χ2n) is 8.83. The standard InChI is InChI=1S/C24H30N8O5/c25-22(34)30-9-7-29(8-10-31(23(26)35)12-14-32(13-11-30)24(27)36)15-16-5-6-18-20(33)17-3-1-2-4-19(17)37-21(18)28-16/h1-6H,7-15H2,(H2,25,34)(H2,26,35)(H2,27,36). The van der Waals surface area contributed by atoms with E-state index in [0.717, 1.165) is 0 Å². The van der Waals surface area contributed by atoms with Gasteiger partial charge in [-0.1, -0.05) is 12.1 Å². The number of carbonyl (C=O) groups is 3. The van der Waals surface area contributed by atoms with Crippen LogP contribution in [0.15, 0.2) is 45.6 Å². The molecule has 0 bridgehead atoms. The number of pyridine rings is 1. The van der Waals surface area contributed by atoms with Crippen molar-refractivity contribution in [3.63, 3.8) is 0 Å². The Kier molecular flexibility index (Phi) is 7.72. The van der Waals surface area contributed by atoms with Gasteiger partial charge in [0.05, 0.1) is 16.5 Å². The largest absolute Gasteiger partial charge is 0.437 e. The lowest BCUT2D eigenvalue weighted by atomic mass is 10.2. The summed E-state index contributed by atoms with van der Waals surface area (Å²) < 4.78 is 5.88. The third kappa shape index (κ3) is 6.06. The van der Waals surface area contributed by atoms with E-state index in [1.54, 1.807) is 36.4 Å². The first-order chi connectivity index (χ1) is 17.7. The molecule has 4 rings (SSSR count). The maximum Gasteiger partial charge on any atom is 0.314 e. The lowest BCUT2D eigenvalue weighted by Gasteiger charge is -2.32. The minimum atomic E-state index is -0.658. The molecule has 3 heterocycles. The molecule has 196 valence electrons. The fraction of sp³-hybridized carbons (Fsp3) is 0.375. The van der Waals surface area contributed by atoms with E-state index in [1.807, 2.05) is 4.90 Å². The van der Waals surface area contributed by atoms with Gasteiger partial charge in [-0.05, 0) is 24.3 Å². The van der Waals surface area contributed by atoms with Crippen LogP contribution in [0, 0.1) is 0 Å². The summed E-state index contributed by atoms with van der Waals surface area (Å²) >= 11 is 0. The summed E-state index contributed by atoms with van der Waals surface area (Å²) in [7, 11) is 0. The Morgan fingerprint density at radius 2 is 1.24 bits per heavy atom. The van der Waals surface area contributed by atoms with Crippen molar-refractivity contribution in [1.82, 2.24) is 24.6 Å². The smallest absolute Gasteiger partial charge is 0.314 e. The summed E-state index contributed by atoms with van der Waals surface area (Å²) in [5.41, 5.74) is 17.8. The van der Waals surface area contributed by atoms with Crippen LogP contribution in [-0.4, -0.2) is 95.0 Å². The van der Waals surface area contributed by atoms with Gasteiger partial charge in [-0.3, -0.25) is 9.69 Å². The zero-order valence-electron chi connectivity index (χ0n) is 20.3. The van der Waals surface area contributed by atoms with Gasteiger partial charge >= 0.3 is 18.1 Å². The highest BCUT2D eigenvalue weighted by Crippen LogP contribution is 2.18. The monoisotopic (exact) mass is 510 g/mol. The Morgan fingerprint density at radius 3 is 1.78 bits per heavy atom. The van der Waals surface area contributed by atoms with Crippen molar-refractivity contribution >= 4 is 40.2 Å². The van der Waals surface area contributed by atoms with Crippen molar-refractivity contribution in [1.29, 1.82) is 0 Å². The number of hydrogen-bond acceptors (Lipinski definition) is 7. The van der Waals surface area contributed by atoms with E-state index < -0.39 is 18.1 Å². The van der Waals surface area contributed by atoms with Crippen LogP contribution < -0.4 is 22.6 Å². The molecule has 6 N–H and O–H groups in total. The lowest BCUT2D eigenvalue weighted by molar-refractivity contribution is 0.146. The predicted octanol–water partition coefficient (Wildman–Crippen LogP) is 0.299. The molecule has 13 heteroatoms. The summed E-state index contributed by atoms with van der Waals surface area (Å²) in [4.78, 5) is 59.5. The number of para-hydroxylation sites is 1. The molecule has 1 aliphatic rings. The molecule has 2 aromatic heterocycles. The Hall–Kier alpha value is -4.39. The van der Waals surface area contributed by atoms with Gasteiger partial charge in [0.25, 0.3) is 0 Å². The highest BCUT2D eigenvalue weighted by atomic mass is 16.3. The summed E-state index contributed by atoms with van der Waals surface area (Å²) in [6.07, 6.45) is 0. The average molecular weight is 511 g/mol. The van der Waals surface area contributed by atoms with Crippen LogP contribution in [0.4, 0.5) is 14.4 Å². The molecule has 0 spiro atoms. The first-order valence-corrected chi connectivity index (χ1v) is 11.9. The summed E-state index contributed by atoms with van der Waals surface area (Å²) in [6.45, 7) is 2.47. The molecule has 13 nitrogen and oxygen atoms in total. The number of aromatic nitrogens is 1. The Balaban J connectivity index is 1.58. The lowest BCUT2D eigenvalue weighted by Crippen LogP contribution is -2.51. The fourth-order valence-electron chi connectivity index (χ4n) is 4.31. The Labute approximate surface area is 212 Å². The highest BCUT2D eigenvalue weighted by molar-refractivity contribution is 5.87.